The van der Waals surface area contributed by atoms with Crippen LogP contribution < -0.4 is 10.7 Å². The van der Waals surface area contributed by atoms with E-state index in [0.29, 0.717) is 18.3 Å². The Bertz CT molecular complexity index is 459. The molecule has 0 fully saturated rings. The molecule has 0 unspecified atom stereocenters. The molecule has 18 heavy (non-hydrogen) atoms. The maximum atomic E-state index is 5.12. The van der Waals surface area contributed by atoms with Crippen molar-refractivity contribution in [1.29, 1.82) is 0 Å². The Morgan fingerprint density at radius 3 is 3.06 bits per heavy atom. The van der Waals surface area contributed by atoms with Crippen molar-refractivity contribution in [2.45, 2.75) is 12.8 Å². The van der Waals surface area contributed by atoms with E-state index < -0.39 is 0 Å². The van der Waals surface area contributed by atoms with Crippen LogP contribution in [0.2, 0.25) is 0 Å². The van der Waals surface area contributed by atoms with Gasteiger partial charge in [0.1, 0.15) is 0 Å². The van der Waals surface area contributed by atoms with Gasteiger partial charge in [0, 0.05) is 19.2 Å². The zero-order valence-corrected chi connectivity index (χ0v) is 11.2. The van der Waals surface area contributed by atoms with Crippen LogP contribution in [-0.2, 0) is 11.2 Å². The highest BCUT2D eigenvalue weighted by Gasteiger charge is 2.16. The van der Waals surface area contributed by atoms with Gasteiger partial charge in [-0.25, -0.2) is 0 Å². The minimum absolute atomic E-state index is 0.531. The van der Waals surface area contributed by atoms with Crippen molar-refractivity contribution in [3.05, 3.63) is 35.4 Å². The van der Waals surface area contributed by atoms with Gasteiger partial charge in [0.05, 0.1) is 12.3 Å². The molecule has 0 heterocycles. The predicted molar refractivity (Wildman–Crippen MR) is 76.9 cm³/mol. The smallest absolute Gasteiger partial charge is 0.187 e. The zero-order valence-electron chi connectivity index (χ0n) is 10.4. The SMILES string of the molecule is COCCNC(=S)NN=C1CCc2ccccc21. The molecule has 5 heteroatoms. The molecule has 1 aromatic rings. The summed E-state index contributed by atoms with van der Waals surface area (Å²) in [6.07, 6.45) is 2.02. The third kappa shape index (κ3) is 3.27. The third-order valence-corrected chi connectivity index (χ3v) is 3.08. The van der Waals surface area contributed by atoms with Gasteiger partial charge in [-0.2, -0.15) is 5.10 Å². The molecule has 0 aliphatic heterocycles. The Kier molecular flexibility index (Phi) is 4.66. The number of nitrogens with zero attached hydrogens (tertiary/aromatic N) is 1. The summed E-state index contributed by atoms with van der Waals surface area (Å²) in [5.41, 5.74) is 6.53. The van der Waals surface area contributed by atoms with Crippen LogP contribution in [0, 0.1) is 0 Å². The molecule has 0 saturated heterocycles. The Labute approximate surface area is 112 Å². The van der Waals surface area contributed by atoms with Crippen molar-refractivity contribution in [3.63, 3.8) is 0 Å². The number of ether oxygens (including phenoxy) is 1. The summed E-state index contributed by atoms with van der Waals surface area (Å²) in [6, 6.07) is 8.35. The largest absolute Gasteiger partial charge is 0.383 e. The Hall–Kier alpha value is -1.46. The van der Waals surface area contributed by atoms with Crippen LogP contribution >= 0.6 is 12.2 Å². The lowest BCUT2D eigenvalue weighted by Crippen LogP contribution is -2.34. The maximum absolute atomic E-state index is 5.12. The quantitative estimate of drug-likeness (QED) is 0.490. The molecule has 0 bridgehead atoms. The van der Waals surface area contributed by atoms with Gasteiger partial charge in [-0.1, -0.05) is 24.3 Å². The standard InChI is InChI=1S/C13H17N3OS/c1-17-9-8-14-13(18)16-15-12-7-6-10-4-2-3-5-11(10)12/h2-5H,6-9H2,1H3,(H2,14,16,18). The van der Waals surface area contributed by atoms with Crippen LogP contribution in [0.25, 0.3) is 0 Å². The maximum Gasteiger partial charge on any atom is 0.187 e. The highest BCUT2D eigenvalue weighted by Crippen LogP contribution is 2.21. The fourth-order valence-corrected chi connectivity index (χ4v) is 2.10. The molecule has 0 radical (unpaired) electrons. The molecule has 1 aliphatic carbocycles. The number of hydrazone groups is 1. The lowest BCUT2D eigenvalue weighted by atomic mass is 10.1. The van der Waals surface area contributed by atoms with Crippen LogP contribution in [0.5, 0.6) is 0 Å². The van der Waals surface area contributed by atoms with Crippen LogP contribution in [-0.4, -0.2) is 31.1 Å². The van der Waals surface area contributed by atoms with Gasteiger partial charge in [0.15, 0.2) is 5.11 Å². The van der Waals surface area contributed by atoms with Crippen molar-refractivity contribution in [2.24, 2.45) is 5.10 Å². The van der Waals surface area contributed by atoms with E-state index in [0.717, 1.165) is 18.6 Å². The summed E-state index contributed by atoms with van der Waals surface area (Å²) < 4.78 is 4.93. The number of rotatable bonds is 4. The molecule has 4 nitrogen and oxygen atoms in total. The number of aryl methyl sites for hydroxylation is 1. The van der Waals surface area contributed by atoms with Crippen LogP contribution in [0.4, 0.5) is 0 Å². The highest BCUT2D eigenvalue weighted by molar-refractivity contribution is 7.80. The predicted octanol–water partition coefficient (Wildman–Crippen LogP) is 1.45. The van der Waals surface area contributed by atoms with Gasteiger partial charge < -0.3 is 10.1 Å². The Balaban J connectivity index is 1.89. The second-order valence-corrected chi connectivity index (χ2v) is 4.48. The average molecular weight is 263 g/mol. The summed E-state index contributed by atoms with van der Waals surface area (Å²) in [6.45, 7) is 1.31. The number of thiocarbonyl (C=S) groups is 1. The van der Waals surface area contributed by atoms with Gasteiger partial charge in [-0.05, 0) is 30.6 Å². The fraction of sp³-hybridized carbons (Fsp3) is 0.385. The molecule has 0 aromatic heterocycles. The van der Waals surface area contributed by atoms with E-state index in [4.69, 9.17) is 17.0 Å². The first kappa shape index (κ1) is 13.0. The zero-order chi connectivity index (χ0) is 12.8. The summed E-state index contributed by atoms with van der Waals surface area (Å²) in [7, 11) is 1.66. The molecule has 0 spiro atoms. The molecular weight excluding hydrogens is 246 g/mol. The second-order valence-electron chi connectivity index (χ2n) is 4.08. The van der Waals surface area contributed by atoms with E-state index in [1.165, 1.54) is 11.1 Å². The average Bonchev–Trinajstić information content (AvgIpc) is 2.80. The summed E-state index contributed by atoms with van der Waals surface area (Å²) >= 11 is 5.12. The van der Waals surface area contributed by atoms with Gasteiger partial charge in [0.2, 0.25) is 0 Å². The van der Waals surface area contributed by atoms with E-state index in [2.05, 4.69) is 34.0 Å². The van der Waals surface area contributed by atoms with E-state index in [1.807, 2.05) is 6.07 Å². The van der Waals surface area contributed by atoms with Crippen molar-refractivity contribution in [2.75, 3.05) is 20.3 Å². The Morgan fingerprint density at radius 1 is 1.39 bits per heavy atom. The lowest BCUT2D eigenvalue weighted by Gasteiger charge is -2.07. The number of benzene rings is 1. The minimum Gasteiger partial charge on any atom is -0.383 e. The molecule has 2 N–H and O–H groups in total. The van der Waals surface area contributed by atoms with Crippen molar-refractivity contribution in [1.82, 2.24) is 10.7 Å². The number of nitrogens with one attached hydrogen (secondary N) is 2. The number of hydrogen-bond acceptors (Lipinski definition) is 3. The van der Waals surface area contributed by atoms with Gasteiger partial charge in [0.25, 0.3) is 0 Å². The highest BCUT2D eigenvalue weighted by atomic mass is 32.1. The topological polar surface area (TPSA) is 45.6 Å². The summed E-state index contributed by atoms with van der Waals surface area (Å²) in [4.78, 5) is 0. The summed E-state index contributed by atoms with van der Waals surface area (Å²) in [5, 5.41) is 7.92. The third-order valence-electron chi connectivity index (χ3n) is 2.84. The molecule has 0 saturated carbocycles. The first-order chi connectivity index (χ1) is 8.81. The molecule has 0 amide bonds. The summed E-state index contributed by atoms with van der Waals surface area (Å²) in [5.74, 6) is 0. The second kappa shape index (κ2) is 6.47. The van der Waals surface area contributed by atoms with Crippen molar-refractivity contribution >= 4 is 23.0 Å². The van der Waals surface area contributed by atoms with Gasteiger partial charge in [-0.15, -0.1) is 0 Å². The molecular formula is C13H17N3OS. The molecule has 1 aromatic carbocycles. The van der Waals surface area contributed by atoms with Crippen LogP contribution in [0.15, 0.2) is 29.4 Å². The number of hydrogen-bond donors (Lipinski definition) is 2. The van der Waals surface area contributed by atoms with E-state index in [9.17, 15) is 0 Å². The first-order valence-corrected chi connectivity index (χ1v) is 6.39. The normalized spacial score (nSPS) is 15.5. The van der Waals surface area contributed by atoms with Crippen LogP contribution in [0.1, 0.15) is 17.5 Å². The van der Waals surface area contributed by atoms with Gasteiger partial charge >= 0.3 is 0 Å². The van der Waals surface area contributed by atoms with E-state index in [-0.39, 0.29) is 0 Å². The lowest BCUT2D eigenvalue weighted by molar-refractivity contribution is 0.204. The fourth-order valence-electron chi connectivity index (χ4n) is 1.95. The first-order valence-electron chi connectivity index (χ1n) is 5.99. The molecule has 1 aliphatic rings. The minimum atomic E-state index is 0.531. The molecule has 96 valence electrons. The monoisotopic (exact) mass is 263 g/mol. The number of methoxy groups -OCH3 is 1. The number of fused-ring (bicyclic) bond motifs is 1. The molecule has 2 rings (SSSR count). The van der Waals surface area contributed by atoms with Crippen LogP contribution in [0.3, 0.4) is 0 Å². The van der Waals surface area contributed by atoms with Crippen molar-refractivity contribution < 1.29 is 4.74 Å². The van der Waals surface area contributed by atoms with Crippen molar-refractivity contribution in [3.8, 4) is 0 Å². The molecule has 0 atom stereocenters. The van der Waals surface area contributed by atoms with E-state index in [1.54, 1.807) is 7.11 Å². The van der Waals surface area contributed by atoms with Gasteiger partial charge in [-0.3, -0.25) is 5.43 Å². The van der Waals surface area contributed by atoms with E-state index >= 15 is 0 Å². The Morgan fingerprint density at radius 2 is 2.22 bits per heavy atom.